The van der Waals surface area contributed by atoms with Crippen molar-refractivity contribution >= 4 is 49.7 Å². The number of carbonyl (C=O) groups excluding carboxylic acids is 1. The van der Waals surface area contributed by atoms with E-state index in [1.807, 2.05) is 0 Å². The van der Waals surface area contributed by atoms with Crippen molar-refractivity contribution < 1.29 is 22.7 Å². The lowest BCUT2D eigenvalue weighted by Crippen LogP contribution is -2.12. The molecule has 0 fully saturated rings. The van der Waals surface area contributed by atoms with Crippen LogP contribution >= 0.6 is 22.9 Å². The van der Waals surface area contributed by atoms with Crippen molar-refractivity contribution in [1.82, 2.24) is 4.98 Å². The van der Waals surface area contributed by atoms with E-state index in [-0.39, 0.29) is 14.9 Å². The molecule has 0 saturated carbocycles. The Bertz CT molecular complexity index is 1180. The molecule has 0 radical (unpaired) electrons. The van der Waals surface area contributed by atoms with Gasteiger partial charge in [0.15, 0.2) is 5.13 Å². The van der Waals surface area contributed by atoms with E-state index in [1.54, 1.807) is 25.1 Å². The number of hydrogen-bond acceptors (Lipinski definition) is 7. The third kappa shape index (κ3) is 4.84. The van der Waals surface area contributed by atoms with Crippen molar-refractivity contribution in [2.24, 2.45) is 0 Å². The minimum atomic E-state index is -3.87. The zero-order valence-electron chi connectivity index (χ0n) is 16.2. The highest BCUT2D eigenvalue weighted by Gasteiger charge is 2.21. The number of aromatic nitrogens is 1. The lowest BCUT2D eigenvalue weighted by atomic mass is 10.2. The smallest absolute Gasteiger partial charge is 0.267 e. The molecule has 0 atom stereocenters. The highest BCUT2D eigenvalue weighted by molar-refractivity contribution is 7.93. The minimum Gasteiger partial charge on any atom is -0.497 e. The minimum absolute atomic E-state index is 0.0341. The Morgan fingerprint density at radius 1 is 1.10 bits per heavy atom. The summed E-state index contributed by atoms with van der Waals surface area (Å²) in [6.45, 7) is 1.62. The largest absolute Gasteiger partial charge is 0.497 e. The van der Waals surface area contributed by atoms with Crippen LogP contribution in [0.4, 0.5) is 10.8 Å². The van der Waals surface area contributed by atoms with Gasteiger partial charge in [-0.3, -0.25) is 9.52 Å². The monoisotopic (exact) mass is 467 g/mol. The SMILES string of the molecule is COc1ccc(OC)c(NC(=O)c2sc(NS(=O)(=O)c3ccc(Cl)cc3)nc2C)c1. The molecule has 0 saturated heterocycles. The molecule has 3 rings (SSSR count). The molecule has 2 aromatic carbocycles. The molecule has 2 N–H and O–H groups in total. The van der Waals surface area contributed by atoms with Gasteiger partial charge >= 0.3 is 0 Å². The second-order valence-electron chi connectivity index (χ2n) is 6.01. The summed E-state index contributed by atoms with van der Waals surface area (Å²) in [7, 11) is -0.868. The predicted octanol–water partition coefficient (Wildman–Crippen LogP) is 4.18. The molecule has 3 aromatic rings. The second-order valence-corrected chi connectivity index (χ2v) is 9.13. The van der Waals surface area contributed by atoms with Gasteiger partial charge in [0.2, 0.25) is 0 Å². The molecule has 0 aliphatic heterocycles. The molecule has 158 valence electrons. The Morgan fingerprint density at radius 2 is 1.80 bits per heavy atom. The molecule has 11 heteroatoms. The van der Waals surface area contributed by atoms with Crippen molar-refractivity contribution in [1.29, 1.82) is 0 Å². The maximum Gasteiger partial charge on any atom is 0.267 e. The van der Waals surface area contributed by atoms with Gasteiger partial charge in [0, 0.05) is 11.1 Å². The van der Waals surface area contributed by atoms with E-state index in [0.717, 1.165) is 11.3 Å². The molecular weight excluding hydrogens is 450 g/mol. The zero-order valence-corrected chi connectivity index (χ0v) is 18.6. The molecule has 1 amide bonds. The highest BCUT2D eigenvalue weighted by Crippen LogP contribution is 2.31. The van der Waals surface area contributed by atoms with E-state index in [2.05, 4.69) is 15.0 Å². The standard InChI is InChI=1S/C19H18ClN3O5S2/c1-11-17(18(24)22-15-10-13(27-2)6-9-16(15)28-3)29-19(21-11)23-30(25,26)14-7-4-12(20)5-8-14/h4-10H,1-3H3,(H,21,23)(H,22,24). The summed E-state index contributed by atoms with van der Waals surface area (Å²) >= 11 is 6.72. The first-order chi connectivity index (χ1) is 14.2. The van der Waals surface area contributed by atoms with Crippen molar-refractivity contribution in [2.75, 3.05) is 24.3 Å². The summed E-state index contributed by atoms with van der Waals surface area (Å²) in [5, 5.41) is 3.24. The van der Waals surface area contributed by atoms with Crippen LogP contribution in [0.5, 0.6) is 11.5 Å². The van der Waals surface area contributed by atoms with Gasteiger partial charge in [0.05, 0.1) is 30.5 Å². The fourth-order valence-electron chi connectivity index (χ4n) is 2.53. The number of nitrogens with zero attached hydrogens (tertiary/aromatic N) is 1. The zero-order chi connectivity index (χ0) is 21.9. The Kier molecular flexibility index (Phi) is 6.49. The number of benzene rings is 2. The Balaban J connectivity index is 1.82. The number of rotatable bonds is 7. The van der Waals surface area contributed by atoms with Crippen LogP contribution in [-0.4, -0.2) is 33.5 Å². The number of carbonyl (C=O) groups is 1. The number of amides is 1. The number of thiazole rings is 1. The van der Waals surface area contributed by atoms with Gasteiger partial charge < -0.3 is 14.8 Å². The normalized spacial score (nSPS) is 11.1. The molecule has 1 aromatic heterocycles. The van der Waals surface area contributed by atoms with E-state index < -0.39 is 15.9 Å². The van der Waals surface area contributed by atoms with Crippen molar-refractivity contribution in [3.05, 3.63) is 58.1 Å². The van der Waals surface area contributed by atoms with Gasteiger partial charge in [-0.05, 0) is 43.3 Å². The van der Waals surface area contributed by atoms with Gasteiger partial charge in [-0.1, -0.05) is 22.9 Å². The average molecular weight is 468 g/mol. The maximum atomic E-state index is 12.8. The summed E-state index contributed by atoms with van der Waals surface area (Å²) < 4.78 is 37.9. The lowest BCUT2D eigenvalue weighted by Gasteiger charge is -2.11. The van der Waals surface area contributed by atoms with E-state index in [4.69, 9.17) is 21.1 Å². The van der Waals surface area contributed by atoms with Crippen LogP contribution in [0.15, 0.2) is 47.4 Å². The molecule has 0 unspecified atom stereocenters. The van der Waals surface area contributed by atoms with Crippen LogP contribution in [0, 0.1) is 6.92 Å². The van der Waals surface area contributed by atoms with E-state index >= 15 is 0 Å². The number of methoxy groups -OCH3 is 2. The Hall–Kier alpha value is -2.82. The molecule has 0 aliphatic carbocycles. The first-order valence-electron chi connectivity index (χ1n) is 8.52. The van der Waals surface area contributed by atoms with E-state index in [1.165, 1.54) is 38.5 Å². The number of hydrogen-bond donors (Lipinski definition) is 2. The topological polar surface area (TPSA) is 107 Å². The number of nitrogens with one attached hydrogen (secondary N) is 2. The third-order valence-corrected chi connectivity index (χ3v) is 6.81. The highest BCUT2D eigenvalue weighted by atomic mass is 35.5. The number of halogens is 1. The first-order valence-corrected chi connectivity index (χ1v) is 11.2. The second kappa shape index (κ2) is 8.90. The number of anilines is 2. The fourth-order valence-corrected chi connectivity index (χ4v) is 4.75. The third-order valence-electron chi connectivity index (χ3n) is 4.00. The van der Waals surface area contributed by atoms with Crippen LogP contribution in [0.3, 0.4) is 0 Å². The van der Waals surface area contributed by atoms with Crippen molar-refractivity contribution in [2.45, 2.75) is 11.8 Å². The van der Waals surface area contributed by atoms with E-state index in [0.29, 0.717) is 27.9 Å². The number of sulfonamides is 1. The van der Waals surface area contributed by atoms with Crippen molar-refractivity contribution in [3.63, 3.8) is 0 Å². The number of ether oxygens (including phenoxy) is 2. The molecule has 30 heavy (non-hydrogen) atoms. The Labute approximate surface area is 182 Å². The van der Waals surface area contributed by atoms with Gasteiger partial charge in [0.1, 0.15) is 16.4 Å². The summed E-state index contributed by atoms with van der Waals surface area (Å²) in [5.74, 6) is 0.548. The van der Waals surface area contributed by atoms with Gasteiger partial charge in [-0.15, -0.1) is 0 Å². The first kappa shape index (κ1) is 21.9. The van der Waals surface area contributed by atoms with Gasteiger partial charge in [-0.2, -0.15) is 0 Å². The molecule has 8 nitrogen and oxygen atoms in total. The molecule has 0 aliphatic rings. The van der Waals surface area contributed by atoms with Crippen LogP contribution in [0.2, 0.25) is 5.02 Å². The van der Waals surface area contributed by atoms with Crippen LogP contribution in [0.25, 0.3) is 0 Å². The van der Waals surface area contributed by atoms with Crippen LogP contribution in [-0.2, 0) is 10.0 Å². The lowest BCUT2D eigenvalue weighted by molar-refractivity contribution is 0.102. The number of aryl methyl sites for hydroxylation is 1. The maximum absolute atomic E-state index is 12.8. The quantitative estimate of drug-likeness (QED) is 0.540. The molecule has 1 heterocycles. The summed E-state index contributed by atoms with van der Waals surface area (Å²) in [5.41, 5.74) is 0.797. The van der Waals surface area contributed by atoms with Crippen molar-refractivity contribution in [3.8, 4) is 11.5 Å². The fraction of sp³-hybridized carbons (Fsp3) is 0.158. The van der Waals surface area contributed by atoms with Crippen LogP contribution in [0.1, 0.15) is 15.4 Å². The van der Waals surface area contributed by atoms with Gasteiger partial charge in [0.25, 0.3) is 15.9 Å². The summed E-state index contributed by atoms with van der Waals surface area (Å²) in [6, 6.07) is 10.7. The summed E-state index contributed by atoms with van der Waals surface area (Å²) in [4.78, 5) is 17.2. The Morgan fingerprint density at radius 3 is 2.43 bits per heavy atom. The molecular formula is C19H18ClN3O5S2. The van der Waals surface area contributed by atoms with E-state index in [9.17, 15) is 13.2 Å². The summed E-state index contributed by atoms with van der Waals surface area (Å²) in [6.07, 6.45) is 0. The van der Waals surface area contributed by atoms with Crippen LogP contribution < -0.4 is 19.5 Å². The van der Waals surface area contributed by atoms with Gasteiger partial charge in [-0.25, -0.2) is 13.4 Å². The average Bonchev–Trinajstić information content (AvgIpc) is 3.07. The predicted molar refractivity (Wildman–Crippen MR) is 117 cm³/mol. The molecule has 0 spiro atoms. The molecule has 0 bridgehead atoms.